The van der Waals surface area contributed by atoms with E-state index in [4.69, 9.17) is 9.72 Å². The molecule has 6 aromatic rings. The molecule has 3 aromatic carbocycles. The van der Waals surface area contributed by atoms with E-state index in [0.717, 1.165) is 94.7 Å². The minimum absolute atomic E-state index is 0.392. The van der Waals surface area contributed by atoms with Crippen LogP contribution in [0.15, 0.2) is 93.4 Å². The van der Waals surface area contributed by atoms with Gasteiger partial charge in [-0.15, -0.1) is 0 Å². The van der Waals surface area contributed by atoms with Crippen LogP contribution in [0, 0.1) is 5.92 Å². The number of aromatic amines is 1. The second kappa shape index (κ2) is 20.3. The van der Waals surface area contributed by atoms with Gasteiger partial charge in [0.25, 0.3) is 5.56 Å². The maximum Gasteiger partial charge on any atom is 0.332 e. The molecule has 3 saturated heterocycles. The van der Waals surface area contributed by atoms with Gasteiger partial charge in [0.1, 0.15) is 24.2 Å². The summed E-state index contributed by atoms with van der Waals surface area (Å²) in [5.74, 6) is 2.38. The Morgan fingerprint density at radius 1 is 0.821 bits per heavy atom. The molecule has 0 bridgehead atoms. The third-order valence-electron chi connectivity index (χ3n) is 13.7. The highest BCUT2D eigenvalue weighted by atomic mass is 79.9. The van der Waals surface area contributed by atoms with Crippen molar-refractivity contribution in [3.8, 4) is 11.4 Å². The second-order valence-corrected chi connectivity index (χ2v) is 22.2. The Bertz CT molecular complexity index is 2870. The summed E-state index contributed by atoms with van der Waals surface area (Å²) in [5, 5.41) is 7.44. The summed E-state index contributed by atoms with van der Waals surface area (Å²) in [6.07, 6.45) is 13.2. The number of rotatable bonds is 14. The lowest BCUT2D eigenvalue weighted by atomic mass is 9.93. The number of nitrogens with zero attached hydrogens (tertiary/aromatic N) is 9. The van der Waals surface area contributed by atoms with Gasteiger partial charge in [-0.2, -0.15) is 4.98 Å². The van der Waals surface area contributed by atoms with Crippen molar-refractivity contribution in [3.63, 3.8) is 0 Å². The van der Waals surface area contributed by atoms with E-state index in [9.17, 15) is 14.2 Å². The van der Waals surface area contributed by atoms with Gasteiger partial charge in [-0.1, -0.05) is 6.92 Å². The third-order valence-corrected chi connectivity index (χ3v) is 15.8. The van der Waals surface area contributed by atoms with Crippen LogP contribution < -0.4 is 41.7 Å². The third kappa shape index (κ3) is 10.6. The van der Waals surface area contributed by atoms with Gasteiger partial charge in [-0.05, 0) is 128 Å². The molecule has 67 heavy (non-hydrogen) atoms. The zero-order valence-corrected chi connectivity index (χ0v) is 41.2. The van der Waals surface area contributed by atoms with Gasteiger partial charge >= 0.3 is 5.69 Å². The summed E-state index contributed by atoms with van der Waals surface area (Å²) in [6.45, 7) is 15.4. The van der Waals surface area contributed by atoms with Gasteiger partial charge in [-0.3, -0.25) is 29.2 Å². The number of nitrogens with one attached hydrogen (secondary N) is 3. The van der Waals surface area contributed by atoms with Crippen LogP contribution in [0.5, 0.6) is 5.75 Å². The first-order valence-electron chi connectivity index (χ1n) is 23.4. The number of aryl methyl sites for hydroxylation is 1. The van der Waals surface area contributed by atoms with E-state index < -0.39 is 18.4 Å². The molecular formula is C49H60BrN12O4P. The van der Waals surface area contributed by atoms with Crippen LogP contribution in [0.4, 0.5) is 34.5 Å². The number of H-pyrrole nitrogens is 1. The molecule has 0 radical (unpaired) electrons. The van der Waals surface area contributed by atoms with Crippen LogP contribution in [0.3, 0.4) is 0 Å². The van der Waals surface area contributed by atoms with Crippen molar-refractivity contribution in [2.24, 2.45) is 5.92 Å². The van der Waals surface area contributed by atoms with Crippen LogP contribution in [-0.2, 0) is 11.0 Å². The molecule has 352 valence electrons. The fourth-order valence-electron chi connectivity index (χ4n) is 10.0. The van der Waals surface area contributed by atoms with Gasteiger partial charge in [0.05, 0.1) is 39.5 Å². The molecule has 6 heterocycles. The summed E-state index contributed by atoms with van der Waals surface area (Å²) >= 11 is 3.61. The molecule has 16 nitrogen and oxygen atoms in total. The molecule has 0 saturated carbocycles. The maximum atomic E-state index is 13.5. The number of benzene rings is 3. The van der Waals surface area contributed by atoms with Gasteiger partial charge in [0.15, 0.2) is 0 Å². The summed E-state index contributed by atoms with van der Waals surface area (Å²) in [7, 11) is -1.07. The van der Waals surface area contributed by atoms with Crippen molar-refractivity contribution >= 4 is 73.9 Å². The highest BCUT2D eigenvalue weighted by Gasteiger charge is 2.30. The Morgan fingerprint density at radius 3 is 2.24 bits per heavy atom. The minimum Gasteiger partial charge on any atom is -0.494 e. The van der Waals surface area contributed by atoms with Crippen LogP contribution in [0.1, 0.15) is 44.6 Å². The van der Waals surface area contributed by atoms with Gasteiger partial charge < -0.3 is 34.6 Å². The molecule has 3 aliphatic rings. The molecule has 3 N–H and O–H groups in total. The fourth-order valence-corrected chi connectivity index (χ4v) is 11.7. The first-order chi connectivity index (χ1) is 32.4. The zero-order chi connectivity index (χ0) is 46.7. The zero-order valence-electron chi connectivity index (χ0n) is 38.7. The highest BCUT2D eigenvalue weighted by molar-refractivity contribution is 9.10. The van der Waals surface area contributed by atoms with Crippen LogP contribution in [0.25, 0.3) is 16.7 Å². The number of hydrogen-bond donors (Lipinski definition) is 3. The number of fused-ring (bicyclic) bond motifs is 1. The number of piperidine rings is 2. The van der Waals surface area contributed by atoms with E-state index in [2.05, 4.69) is 97.3 Å². The van der Waals surface area contributed by atoms with Gasteiger partial charge in [-0.25, -0.2) is 9.78 Å². The van der Waals surface area contributed by atoms with Crippen LogP contribution >= 0.6 is 23.1 Å². The molecular weight excluding hydrogens is 931 g/mol. The Balaban J connectivity index is 0.751. The van der Waals surface area contributed by atoms with Crippen molar-refractivity contribution in [2.75, 3.05) is 99.8 Å². The molecule has 3 fully saturated rings. The second-order valence-electron chi connectivity index (χ2n) is 18.2. The van der Waals surface area contributed by atoms with E-state index in [-0.39, 0.29) is 0 Å². The number of piperazine rings is 1. The molecule has 0 amide bonds. The summed E-state index contributed by atoms with van der Waals surface area (Å²) in [6, 6.07) is 18.0. The van der Waals surface area contributed by atoms with Gasteiger partial charge in [0.2, 0.25) is 5.95 Å². The summed E-state index contributed by atoms with van der Waals surface area (Å²) < 4.78 is 21.6. The highest BCUT2D eigenvalue weighted by Crippen LogP contribution is 2.42. The Labute approximate surface area is 399 Å². The summed E-state index contributed by atoms with van der Waals surface area (Å²) in [5.41, 5.74) is 6.27. The monoisotopic (exact) mass is 990 g/mol. The molecule has 9 rings (SSSR count). The Morgan fingerprint density at radius 2 is 1.54 bits per heavy atom. The predicted octanol–water partition coefficient (Wildman–Crippen LogP) is 7.22. The quantitative estimate of drug-likeness (QED) is 0.0936. The van der Waals surface area contributed by atoms with Crippen molar-refractivity contribution in [3.05, 3.63) is 110 Å². The molecule has 3 aliphatic heterocycles. The maximum absolute atomic E-state index is 13.5. The number of anilines is 6. The predicted molar refractivity (Wildman–Crippen MR) is 273 cm³/mol. The number of methoxy groups -OCH3 is 1. The molecule has 0 unspecified atom stereocenters. The minimum atomic E-state index is -2.77. The van der Waals surface area contributed by atoms with Crippen molar-refractivity contribution < 1.29 is 9.30 Å². The molecule has 18 heteroatoms. The number of ether oxygens (including phenoxy) is 1. The number of aromatic nitrogens is 6. The number of hydrogen-bond acceptors (Lipinski definition) is 14. The van der Waals surface area contributed by atoms with Crippen molar-refractivity contribution in [2.45, 2.75) is 51.5 Å². The standard InChI is InChI=1S/C49H60BrN12O4P/c1-5-34-30-41(55-48-53-32-38(50)47(57-48)54-40-11-10-39-45(52-19-18-51-39)46(40)67(3,4)65)43(66-2)31-42(34)61-23-15-36(16-24-61)60-28-26-58(27-29-60)20-12-33-13-21-59(22-14-33)35-6-8-37(9-7-35)62-25-17-44(63)56-49(62)64/h6-11,17-19,25,30-33,36H,5,12-16,20-24,26-29H2,1-4H3,(H,56,63,64)(H2,53,54,55,57). The Kier molecular flexibility index (Phi) is 14.1. The topological polar surface area (TPSA) is 170 Å². The van der Waals surface area contributed by atoms with Gasteiger partial charge in [0, 0.05) is 107 Å². The lowest BCUT2D eigenvalue weighted by Crippen LogP contribution is -2.53. The molecule has 0 spiro atoms. The van der Waals surface area contributed by atoms with E-state index in [1.165, 1.54) is 59.6 Å². The smallest absolute Gasteiger partial charge is 0.332 e. The van der Waals surface area contributed by atoms with Crippen molar-refractivity contribution in [1.29, 1.82) is 0 Å². The Hall–Kier alpha value is -5.61. The first-order valence-corrected chi connectivity index (χ1v) is 26.8. The normalized spacial score (nSPS) is 17.0. The first kappa shape index (κ1) is 46.5. The van der Waals surface area contributed by atoms with E-state index in [0.29, 0.717) is 44.3 Å². The molecule has 0 aliphatic carbocycles. The lowest BCUT2D eigenvalue weighted by Gasteiger charge is -2.44. The average Bonchev–Trinajstić information content (AvgIpc) is 3.34. The number of halogens is 1. The van der Waals surface area contributed by atoms with E-state index >= 15 is 0 Å². The largest absolute Gasteiger partial charge is 0.494 e. The van der Waals surface area contributed by atoms with Crippen LogP contribution in [-0.4, -0.2) is 125 Å². The van der Waals surface area contributed by atoms with E-state index in [1.807, 2.05) is 24.3 Å². The average molecular weight is 992 g/mol. The van der Waals surface area contributed by atoms with Crippen molar-refractivity contribution in [1.82, 2.24) is 39.3 Å². The fraction of sp³-hybridized carbons (Fsp3) is 0.429. The SMILES string of the molecule is CCc1cc(Nc2ncc(Br)c(Nc3ccc4nccnc4c3P(C)(C)=O)n2)c(OC)cc1N1CCC(N2CCN(CCC3CCN(c4ccc(-n5ccc(=O)[nH]c5=O)cc4)CC3)CC2)CC1. The molecule has 3 aromatic heterocycles. The summed E-state index contributed by atoms with van der Waals surface area (Å²) in [4.78, 5) is 54.7. The molecule has 0 atom stereocenters. The van der Waals surface area contributed by atoms with Crippen LogP contribution in [0.2, 0.25) is 0 Å². The van der Waals surface area contributed by atoms with E-state index in [1.54, 1.807) is 39.0 Å². The lowest BCUT2D eigenvalue weighted by molar-refractivity contribution is 0.0809.